The lowest BCUT2D eigenvalue weighted by atomic mass is 10.2. The highest BCUT2D eigenvalue weighted by molar-refractivity contribution is 6.32. The van der Waals surface area contributed by atoms with Crippen molar-refractivity contribution in [2.75, 3.05) is 38.1 Å². The van der Waals surface area contributed by atoms with Crippen LogP contribution in [0, 0.1) is 0 Å². The highest BCUT2D eigenvalue weighted by Gasteiger charge is 2.19. The molecule has 2 N–H and O–H groups in total. The summed E-state index contributed by atoms with van der Waals surface area (Å²) in [4.78, 5) is 52.5. The first-order valence-electron chi connectivity index (χ1n) is 12.3. The number of hydrogen-bond acceptors (Lipinski definition) is 7. The van der Waals surface area contributed by atoms with Crippen molar-refractivity contribution < 1.29 is 28.2 Å². The molecule has 0 saturated heterocycles. The molecule has 0 aliphatic carbocycles. The number of nitrogens with zero attached hydrogens (tertiary/aromatic N) is 2. The normalized spacial score (nSPS) is 10.7. The number of anilines is 2. The molecule has 214 valence electrons. The van der Waals surface area contributed by atoms with Gasteiger partial charge < -0.3 is 24.8 Å². The van der Waals surface area contributed by atoms with Gasteiger partial charge in [-0.15, -0.1) is 0 Å². The van der Waals surface area contributed by atoms with Crippen LogP contribution in [0.5, 0.6) is 17.2 Å². The van der Waals surface area contributed by atoms with Gasteiger partial charge in [0.25, 0.3) is 5.56 Å². The quantitative estimate of drug-likeness (QED) is 0.276. The van der Waals surface area contributed by atoms with E-state index >= 15 is 0 Å². The van der Waals surface area contributed by atoms with E-state index in [0.29, 0.717) is 17.2 Å². The SMILES string of the molecule is COc1cc(OC)c(NC(=O)Cn2c(=O)n(CC(=O)Nc3ccc(OCCF)cc3)c(=O)c3ccccc32)cc1Cl. The molecular formula is C28H26ClFN4O7. The van der Waals surface area contributed by atoms with Crippen LogP contribution < -0.4 is 36.1 Å². The summed E-state index contributed by atoms with van der Waals surface area (Å²) in [6.07, 6.45) is 0. The summed E-state index contributed by atoms with van der Waals surface area (Å²) in [7, 11) is 2.85. The van der Waals surface area contributed by atoms with E-state index in [0.717, 1.165) is 9.13 Å². The van der Waals surface area contributed by atoms with Crippen molar-refractivity contribution in [2.45, 2.75) is 13.1 Å². The monoisotopic (exact) mass is 584 g/mol. The van der Waals surface area contributed by atoms with E-state index in [1.165, 1.54) is 50.6 Å². The van der Waals surface area contributed by atoms with Gasteiger partial charge in [-0.1, -0.05) is 23.7 Å². The molecular weight excluding hydrogens is 559 g/mol. The second-order valence-electron chi connectivity index (χ2n) is 8.62. The number of nitrogens with one attached hydrogen (secondary N) is 2. The highest BCUT2D eigenvalue weighted by Crippen LogP contribution is 2.35. The standard InChI is InChI=1S/C28H26ClFN4O7/c1-39-23-14-24(40-2)21(13-20(23)29)32-26(36)15-33-22-6-4-3-5-19(22)27(37)34(28(33)38)16-25(35)31-17-7-9-18(10-8-17)41-12-11-30/h3-10,13-14H,11-12,15-16H2,1-2H3,(H,31,35)(H,32,36). The molecule has 0 atom stereocenters. The number of carbonyl (C=O) groups is 2. The van der Waals surface area contributed by atoms with Gasteiger partial charge in [-0.05, 0) is 42.5 Å². The molecule has 0 fully saturated rings. The summed E-state index contributed by atoms with van der Waals surface area (Å²) in [5.41, 5.74) is -0.694. The number of benzene rings is 3. The number of halogens is 2. The fourth-order valence-electron chi connectivity index (χ4n) is 4.09. The van der Waals surface area contributed by atoms with Gasteiger partial charge in [-0.3, -0.25) is 23.5 Å². The molecule has 0 bridgehead atoms. The number of hydrogen-bond donors (Lipinski definition) is 2. The summed E-state index contributed by atoms with van der Waals surface area (Å²) < 4.78 is 29.8. The lowest BCUT2D eigenvalue weighted by Crippen LogP contribution is -2.44. The summed E-state index contributed by atoms with van der Waals surface area (Å²) in [6.45, 7) is -1.81. The predicted octanol–water partition coefficient (Wildman–Crippen LogP) is 3.46. The summed E-state index contributed by atoms with van der Waals surface area (Å²) in [5.74, 6) is -0.218. The lowest BCUT2D eigenvalue weighted by Gasteiger charge is -2.16. The zero-order chi connectivity index (χ0) is 29.5. The summed E-state index contributed by atoms with van der Waals surface area (Å²) in [5, 5.41) is 5.64. The third-order valence-corrected chi connectivity index (χ3v) is 6.26. The summed E-state index contributed by atoms with van der Waals surface area (Å²) in [6, 6.07) is 15.4. The molecule has 0 radical (unpaired) electrons. The van der Waals surface area contributed by atoms with E-state index in [1.54, 1.807) is 24.3 Å². The number of para-hydroxylation sites is 1. The van der Waals surface area contributed by atoms with E-state index in [-0.39, 0.29) is 34.0 Å². The van der Waals surface area contributed by atoms with Crippen molar-refractivity contribution >= 4 is 45.7 Å². The molecule has 4 aromatic rings. The average Bonchev–Trinajstić information content (AvgIpc) is 2.97. The van der Waals surface area contributed by atoms with E-state index in [9.17, 15) is 23.6 Å². The van der Waals surface area contributed by atoms with Crippen LogP contribution in [0.2, 0.25) is 5.02 Å². The predicted molar refractivity (Wildman–Crippen MR) is 152 cm³/mol. The number of fused-ring (bicyclic) bond motifs is 1. The number of rotatable bonds is 11. The number of aromatic nitrogens is 2. The molecule has 1 aromatic heterocycles. The molecule has 0 aliphatic rings. The Labute approximate surface area is 238 Å². The summed E-state index contributed by atoms with van der Waals surface area (Å²) >= 11 is 6.20. The van der Waals surface area contributed by atoms with Crippen molar-refractivity contribution in [2.24, 2.45) is 0 Å². The van der Waals surface area contributed by atoms with E-state index < -0.39 is 42.8 Å². The molecule has 3 aromatic carbocycles. The average molecular weight is 585 g/mol. The first kappa shape index (κ1) is 29.2. The number of alkyl halides is 1. The van der Waals surface area contributed by atoms with Gasteiger partial charge >= 0.3 is 5.69 Å². The first-order chi connectivity index (χ1) is 19.7. The number of methoxy groups -OCH3 is 2. The smallest absolute Gasteiger partial charge is 0.332 e. The van der Waals surface area contributed by atoms with Gasteiger partial charge in [0.15, 0.2) is 0 Å². The number of ether oxygens (including phenoxy) is 3. The number of amides is 2. The maximum atomic E-state index is 13.4. The number of carbonyl (C=O) groups excluding carboxylic acids is 2. The fourth-order valence-corrected chi connectivity index (χ4v) is 4.33. The van der Waals surface area contributed by atoms with E-state index in [4.69, 9.17) is 25.8 Å². The van der Waals surface area contributed by atoms with Crippen LogP contribution in [-0.2, 0) is 22.7 Å². The van der Waals surface area contributed by atoms with Crippen LogP contribution in [-0.4, -0.2) is 48.4 Å². The Bertz CT molecular complexity index is 1700. The van der Waals surface area contributed by atoms with Crippen LogP contribution in [0.25, 0.3) is 10.9 Å². The molecule has 0 spiro atoms. The van der Waals surface area contributed by atoms with Crippen LogP contribution in [0.15, 0.2) is 70.3 Å². The van der Waals surface area contributed by atoms with E-state index in [2.05, 4.69) is 10.6 Å². The Hall–Kier alpha value is -4.84. The van der Waals surface area contributed by atoms with Crippen molar-refractivity contribution in [3.05, 3.63) is 86.5 Å². The third kappa shape index (κ3) is 6.67. The molecule has 0 saturated carbocycles. The highest BCUT2D eigenvalue weighted by atomic mass is 35.5. The Kier molecular flexibility index (Phi) is 9.25. The molecule has 0 unspecified atom stereocenters. The largest absolute Gasteiger partial charge is 0.495 e. The van der Waals surface area contributed by atoms with Gasteiger partial charge in [0.05, 0.1) is 35.8 Å². The van der Waals surface area contributed by atoms with Crippen molar-refractivity contribution in [1.82, 2.24) is 9.13 Å². The van der Waals surface area contributed by atoms with Gasteiger partial charge in [0.1, 0.15) is 43.6 Å². The molecule has 1 heterocycles. The first-order valence-corrected chi connectivity index (χ1v) is 12.7. The van der Waals surface area contributed by atoms with Crippen molar-refractivity contribution in [3.8, 4) is 17.2 Å². The van der Waals surface area contributed by atoms with Gasteiger partial charge in [0, 0.05) is 11.8 Å². The minimum atomic E-state index is -0.853. The van der Waals surface area contributed by atoms with Gasteiger partial charge in [0.2, 0.25) is 11.8 Å². The van der Waals surface area contributed by atoms with Gasteiger partial charge in [-0.25, -0.2) is 9.18 Å². The minimum absolute atomic E-state index is 0.0950. The second kappa shape index (κ2) is 13.0. The topological polar surface area (TPSA) is 130 Å². The lowest BCUT2D eigenvalue weighted by molar-refractivity contribution is -0.117. The Morgan fingerprint density at radius 3 is 2.22 bits per heavy atom. The van der Waals surface area contributed by atoms with Gasteiger partial charge in [-0.2, -0.15) is 0 Å². The van der Waals surface area contributed by atoms with Crippen molar-refractivity contribution in [3.63, 3.8) is 0 Å². The van der Waals surface area contributed by atoms with Crippen LogP contribution in [0.3, 0.4) is 0 Å². The van der Waals surface area contributed by atoms with Crippen LogP contribution in [0.1, 0.15) is 0 Å². The Morgan fingerprint density at radius 2 is 1.54 bits per heavy atom. The zero-order valence-corrected chi connectivity index (χ0v) is 22.9. The molecule has 41 heavy (non-hydrogen) atoms. The Balaban J connectivity index is 1.60. The Morgan fingerprint density at radius 1 is 0.878 bits per heavy atom. The molecule has 13 heteroatoms. The third-order valence-electron chi connectivity index (χ3n) is 5.97. The van der Waals surface area contributed by atoms with Crippen molar-refractivity contribution in [1.29, 1.82) is 0 Å². The fraction of sp³-hybridized carbons (Fsp3) is 0.214. The minimum Gasteiger partial charge on any atom is -0.495 e. The molecule has 0 aliphatic heterocycles. The maximum Gasteiger partial charge on any atom is 0.332 e. The molecule has 4 rings (SSSR count). The maximum absolute atomic E-state index is 13.4. The van der Waals surface area contributed by atoms with Crippen LogP contribution >= 0.6 is 11.6 Å². The zero-order valence-electron chi connectivity index (χ0n) is 22.1. The molecule has 11 nitrogen and oxygen atoms in total. The van der Waals surface area contributed by atoms with E-state index in [1.807, 2.05) is 0 Å². The van der Waals surface area contributed by atoms with Crippen LogP contribution in [0.4, 0.5) is 15.8 Å². The second-order valence-corrected chi connectivity index (χ2v) is 9.03. The molecule has 2 amide bonds.